The van der Waals surface area contributed by atoms with E-state index in [4.69, 9.17) is 5.73 Å². The van der Waals surface area contributed by atoms with E-state index < -0.39 is 0 Å². The van der Waals surface area contributed by atoms with E-state index in [9.17, 15) is 0 Å². The SMILES string of the molecule is CCn1nc(C)cc1C(N)Cc1cnn(C)c1. The lowest BCUT2D eigenvalue weighted by atomic mass is 10.1. The van der Waals surface area contributed by atoms with Crippen molar-refractivity contribution in [1.29, 1.82) is 0 Å². The van der Waals surface area contributed by atoms with Crippen LogP contribution in [-0.2, 0) is 20.0 Å². The summed E-state index contributed by atoms with van der Waals surface area (Å²) in [4.78, 5) is 0. The monoisotopic (exact) mass is 233 g/mol. The van der Waals surface area contributed by atoms with Crippen LogP contribution in [0.2, 0.25) is 0 Å². The summed E-state index contributed by atoms with van der Waals surface area (Å²) in [5, 5.41) is 8.56. The molecule has 0 aromatic carbocycles. The number of hydrogen-bond acceptors (Lipinski definition) is 3. The van der Waals surface area contributed by atoms with Crippen molar-refractivity contribution in [3.63, 3.8) is 0 Å². The van der Waals surface area contributed by atoms with Gasteiger partial charge in [0.25, 0.3) is 0 Å². The van der Waals surface area contributed by atoms with Crippen molar-refractivity contribution in [3.8, 4) is 0 Å². The van der Waals surface area contributed by atoms with Crippen molar-refractivity contribution >= 4 is 0 Å². The fourth-order valence-electron chi connectivity index (χ4n) is 2.05. The van der Waals surface area contributed by atoms with E-state index in [0.717, 1.165) is 29.9 Å². The second-order valence-electron chi connectivity index (χ2n) is 4.36. The van der Waals surface area contributed by atoms with Gasteiger partial charge >= 0.3 is 0 Å². The van der Waals surface area contributed by atoms with Crippen molar-refractivity contribution < 1.29 is 0 Å². The zero-order valence-electron chi connectivity index (χ0n) is 10.6. The van der Waals surface area contributed by atoms with Crippen molar-refractivity contribution in [2.24, 2.45) is 12.8 Å². The molecule has 2 N–H and O–H groups in total. The average Bonchev–Trinajstić information content (AvgIpc) is 2.84. The van der Waals surface area contributed by atoms with Gasteiger partial charge in [0.05, 0.1) is 23.6 Å². The van der Waals surface area contributed by atoms with E-state index in [2.05, 4.69) is 23.2 Å². The molecule has 0 radical (unpaired) electrons. The van der Waals surface area contributed by atoms with Gasteiger partial charge in [-0.15, -0.1) is 0 Å². The summed E-state index contributed by atoms with van der Waals surface area (Å²) >= 11 is 0. The van der Waals surface area contributed by atoms with E-state index in [1.54, 1.807) is 4.68 Å². The highest BCUT2D eigenvalue weighted by Crippen LogP contribution is 2.16. The number of nitrogens with zero attached hydrogens (tertiary/aromatic N) is 4. The molecule has 0 saturated heterocycles. The minimum Gasteiger partial charge on any atom is -0.322 e. The van der Waals surface area contributed by atoms with Crippen LogP contribution in [0.1, 0.15) is 29.9 Å². The van der Waals surface area contributed by atoms with E-state index in [0.29, 0.717) is 0 Å². The van der Waals surface area contributed by atoms with Crippen LogP contribution in [0.5, 0.6) is 0 Å². The molecule has 5 heteroatoms. The van der Waals surface area contributed by atoms with Crippen LogP contribution in [0.25, 0.3) is 0 Å². The average molecular weight is 233 g/mol. The van der Waals surface area contributed by atoms with Crippen LogP contribution in [0.4, 0.5) is 0 Å². The lowest BCUT2D eigenvalue weighted by Gasteiger charge is -2.12. The van der Waals surface area contributed by atoms with Crippen molar-refractivity contribution in [3.05, 3.63) is 35.4 Å². The van der Waals surface area contributed by atoms with Crippen LogP contribution in [-0.4, -0.2) is 19.6 Å². The van der Waals surface area contributed by atoms with E-state index >= 15 is 0 Å². The van der Waals surface area contributed by atoms with Gasteiger partial charge in [0.2, 0.25) is 0 Å². The van der Waals surface area contributed by atoms with Gasteiger partial charge in [-0.25, -0.2) is 0 Å². The molecule has 2 aromatic rings. The normalized spacial score (nSPS) is 12.9. The van der Waals surface area contributed by atoms with Gasteiger partial charge < -0.3 is 5.73 Å². The number of aromatic nitrogens is 4. The zero-order chi connectivity index (χ0) is 12.4. The smallest absolute Gasteiger partial charge is 0.0597 e. The maximum absolute atomic E-state index is 6.23. The molecular formula is C12H19N5. The second kappa shape index (κ2) is 4.71. The van der Waals surface area contributed by atoms with Crippen LogP contribution < -0.4 is 5.73 Å². The Kier molecular flexibility index (Phi) is 3.28. The Morgan fingerprint density at radius 3 is 2.82 bits per heavy atom. The molecule has 17 heavy (non-hydrogen) atoms. The predicted octanol–water partition coefficient (Wildman–Crippen LogP) is 1.19. The third-order valence-electron chi connectivity index (χ3n) is 2.83. The molecular weight excluding hydrogens is 214 g/mol. The highest BCUT2D eigenvalue weighted by Gasteiger charge is 2.14. The Balaban J connectivity index is 2.16. The molecule has 2 aromatic heterocycles. The zero-order valence-corrected chi connectivity index (χ0v) is 10.6. The van der Waals surface area contributed by atoms with Crippen LogP contribution in [0.3, 0.4) is 0 Å². The highest BCUT2D eigenvalue weighted by molar-refractivity contribution is 5.17. The van der Waals surface area contributed by atoms with Crippen LogP contribution in [0, 0.1) is 6.92 Å². The molecule has 0 aliphatic rings. The van der Waals surface area contributed by atoms with Crippen molar-refractivity contribution in [1.82, 2.24) is 19.6 Å². The van der Waals surface area contributed by atoms with E-state index in [-0.39, 0.29) is 6.04 Å². The fourth-order valence-corrected chi connectivity index (χ4v) is 2.05. The minimum atomic E-state index is -0.0275. The Labute approximate surface area is 101 Å². The van der Waals surface area contributed by atoms with Gasteiger partial charge in [0.15, 0.2) is 0 Å². The minimum absolute atomic E-state index is 0.0275. The summed E-state index contributed by atoms with van der Waals surface area (Å²) in [7, 11) is 1.91. The third kappa shape index (κ3) is 2.55. The van der Waals surface area contributed by atoms with Gasteiger partial charge in [-0.1, -0.05) is 0 Å². The van der Waals surface area contributed by atoms with Gasteiger partial charge in [-0.2, -0.15) is 10.2 Å². The molecule has 5 nitrogen and oxygen atoms in total. The fraction of sp³-hybridized carbons (Fsp3) is 0.500. The summed E-state index contributed by atoms with van der Waals surface area (Å²) in [6.45, 7) is 4.92. The number of hydrogen-bond donors (Lipinski definition) is 1. The maximum Gasteiger partial charge on any atom is 0.0597 e. The lowest BCUT2D eigenvalue weighted by Crippen LogP contribution is -2.18. The van der Waals surface area contributed by atoms with Crippen LogP contribution in [0.15, 0.2) is 18.5 Å². The third-order valence-corrected chi connectivity index (χ3v) is 2.83. The van der Waals surface area contributed by atoms with Gasteiger partial charge in [-0.3, -0.25) is 9.36 Å². The molecule has 0 fully saturated rings. The molecule has 0 aliphatic carbocycles. The van der Waals surface area contributed by atoms with Gasteiger partial charge in [0.1, 0.15) is 0 Å². The number of rotatable bonds is 4. The Morgan fingerprint density at radius 1 is 1.47 bits per heavy atom. The predicted molar refractivity (Wildman–Crippen MR) is 66.5 cm³/mol. The lowest BCUT2D eigenvalue weighted by molar-refractivity contribution is 0.566. The molecule has 92 valence electrons. The summed E-state index contributed by atoms with van der Waals surface area (Å²) in [6, 6.07) is 2.03. The molecule has 1 atom stereocenters. The second-order valence-corrected chi connectivity index (χ2v) is 4.36. The van der Waals surface area contributed by atoms with E-state index in [1.165, 1.54) is 0 Å². The summed E-state index contributed by atoms with van der Waals surface area (Å²) in [5.74, 6) is 0. The standard InChI is InChI=1S/C12H19N5/c1-4-17-12(5-9(2)15-17)11(13)6-10-7-14-16(3)8-10/h5,7-8,11H,4,6,13H2,1-3H3. The topological polar surface area (TPSA) is 61.7 Å². The van der Waals surface area contributed by atoms with Gasteiger partial charge in [-0.05, 0) is 31.9 Å². The maximum atomic E-state index is 6.23. The largest absolute Gasteiger partial charge is 0.322 e. The first-order valence-corrected chi connectivity index (χ1v) is 5.87. The summed E-state index contributed by atoms with van der Waals surface area (Å²) < 4.78 is 3.76. The molecule has 2 heterocycles. The first kappa shape index (κ1) is 11.9. The van der Waals surface area contributed by atoms with E-state index in [1.807, 2.05) is 31.0 Å². The molecule has 0 saturated carbocycles. The Hall–Kier alpha value is -1.62. The summed E-state index contributed by atoms with van der Waals surface area (Å²) in [6.07, 6.45) is 4.65. The molecule has 1 unspecified atom stereocenters. The quantitative estimate of drug-likeness (QED) is 0.862. The molecule has 0 amide bonds. The molecule has 0 bridgehead atoms. The molecule has 2 rings (SSSR count). The first-order valence-electron chi connectivity index (χ1n) is 5.87. The van der Waals surface area contributed by atoms with Gasteiger partial charge in [0, 0.05) is 19.8 Å². The summed E-state index contributed by atoms with van der Waals surface area (Å²) in [5.41, 5.74) is 9.49. The van der Waals surface area contributed by atoms with Crippen molar-refractivity contribution in [2.45, 2.75) is 32.9 Å². The number of nitrogens with two attached hydrogens (primary N) is 1. The Bertz CT molecular complexity index is 497. The Morgan fingerprint density at radius 2 is 2.24 bits per heavy atom. The first-order chi connectivity index (χ1) is 8.10. The van der Waals surface area contributed by atoms with Crippen molar-refractivity contribution in [2.75, 3.05) is 0 Å². The molecule has 0 aliphatic heterocycles. The van der Waals surface area contributed by atoms with Crippen LogP contribution >= 0.6 is 0 Å². The highest BCUT2D eigenvalue weighted by atomic mass is 15.3. The number of aryl methyl sites for hydroxylation is 3. The molecule has 0 spiro atoms.